The Balaban J connectivity index is 2.48. The second-order valence-corrected chi connectivity index (χ2v) is 5.28. The Labute approximate surface area is 115 Å². The van der Waals surface area contributed by atoms with Crippen LogP contribution in [0.5, 0.6) is 0 Å². The van der Waals surface area contributed by atoms with Crippen molar-refractivity contribution in [3.63, 3.8) is 0 Å². The van der Waals surface area contributed by atoms with E-state index in [1.54, 1.807) is 6.92 Å². The maximum absolute atomic E-state index is 12.5. The highest BCUT2D eigenvalue weighted by Gasteiger charge is 2.42. The third-order valence-corrected chi connectivity index (χ3v) is 3.75. The first kappa shape index (κ1) is 16.8. The molecule has 1 atom stereocenters. The smallest absolute Gasteiger partial charge is 0.391 e. The van der Waals surface area contributed by atoms with Gasteiger partial charge in [0.15, 0.2) is 0 Å². The van der Waals surface area contributed by atoms with Gasteiger partial charge in [-0.3, -0.25) is 4.79 Å². The minimum atomic E-state index is -4.20. The first-order valence-corrected chi connectivity index (χ1v) is 6.85. The van der Waals surface area contributed by atoms with Crippen molar-refractivity contribution in [3.8, 4) is 0 Å². The Morgan fingerprint density at radius 3 is 2.20 bits per heavy atom. The zero-order chi connectivity index (χ0) is 15.3. The first-order valence-electron chi connectivity index (χ1n) is 6.85. The highest BCUT2D eigenvalue weighted by Crippen LogP contribution is 2.39. The summed E-state index contributed by atoms with van der Waals surface area (Å²) in [6, 6.07) is -0.951. The summed E-state index contributed by atoms with van der Waals surface area (Å²) >= 11 is 0. The Morgan fingerprint density at radius 1 is 1.25 bits per heavy atom. The van der Waals surface area contributed by atoms with E-state index in [0.29, 0.717) is 12.8 Å². The van der Waals surface area contributed by atoms with E-state index in [9.17, 15) is 22.8 Å². The van der Waals surface area contributed by atoms with Crippen molar-refractivity contribution < 1.29 is 27.9 Å². The van der Waals surface area contributed by atoms with Crippen LogP contribution in [-0.4, -0.2) is 29.2 Å². The number of nitrogens with one attached hydrogen (secondary N) is 1. The van der Waals surface area contributed by atoms with Crippen molar-refractivity contribution in [2.75, 3.05) is 0 Å². The monoisotopic (exact) mass is 295 g/mol. The molecule has 20 heavy (non-hydrogen) atoms. The predicted molar refractivity (Wildman–Crippen MR) is 66.0 cm³/mol. The van der Waals surface area contributed by atoms with Gasteiger partial charge in [-0.05, 0) is 32.1 Å². The molecule has 0 spiro atoms. The molecule has 1 aliphatic carbocycles. The number of hydrogen-bond donors (Lipinski definition) is 2. The molecule has 0 aromatic carbocycles. The number of carboxylic acids is 1. The molecular formula is C13H20F3NO3. The number of hydrogen-bond acceptors (Lipinski definition) is 2. The molecule has 0 unspecified atom stereocenters. The van der Waals surface area contributed by atoms with E-state index in [1.165, 1.54) is 0 Å². The van der Waals surface area contributed by atoms with E-state index in [-0.39, 0.29) is 25.7 Å². The summed E-state index contributed by atoms with van der Waals surface area (Å²) < 4.78 is 37.5. The molecule has 1 amide bonds. The van der Waals surface area contributed by atoms with Crippen LogP contribution >= 0.6 is 0 Å². The van der Waals surface area contributed by atoms with Gasteiger partial charge in [0.25, 0.3) is 0 Å². The van der Waals surface area contributed by atoms with Crippen molar-refractivity contribution in [1.29, 1.82) is 0 Å². The van der Waals surface area contributed by atoms with Crippen LogP contribution < -0.4 is 5.32 Å². The van der Waals surface area contributed by atoms with E-state index in [1.807, 2.05) is 0 Å². The summed E-state index contributed by atoms with van der Waals surface area (Å²) in [6.07, 6.45) is -3.08. The number of aliphatic carboxylic acids is 1. The summed E-state index contributed by atoms with van der Waals surface area (Å²) in [7, 11) is 0. The number of alkyl halides is 3. The molecule has 1 rings (SSSR count). The minimum absolute atomic E-state index is 0.0624. The fraction of sp³-hybridized carbons (Fsp3) is 0.846. The number of carboxylic acid groups (broad SMARTS) is 1. The Hall–Kier alpha value is -1.27. The Kier molecular flexibility index (Phi) is 5.83. The maximum Gasteiger partial charge on any atom is 0.391 e. The molecule has 0 aromatic rings. The molecule has 0 bridgehead atoms. The summed E-state index contributed by atoms with van der Waals surface area (Å²) in [4.78, 5) is 22.8. The standard InChI is InChI=1S/C13H20F3NO3/c1-2-3-10(12(19)20)17-11(18)8-4-6-9(7-5-8)13(14,15)16/h8-10H,2-7H2,1H3,(H,17,18)(H,19,20)/t8?,9?,10-/m1/s1. The van der Waals surface area contributed by atoms with Crippen LogP contribution in [0.1, 0.15) is 45.4 Å². The van der Waals surface area contributed by atoms with Gasteiger partial charge in [-0.25, -0.2) is 4.79 Å². The molecule has 116 valence electrons. The summed E-state index contributed by atoms with van der Waals surface area (Å²) in [6.45, 7) is 1.80. The molecule has 0 radical (unpaired) electrons. The lowest BCUT2D eigenvalue weighted by atomic mass is 9.81. The van der Waals surface area contributed by atoms with Crippen LogP contribution in [0.4, 0.5) is 13.2 Å². The third-order valence-electron chi connectivity index (χ3n) is 3.75. The van der Waals surface area contributed by atoms with Crippen molar-refractivity contribution in [1.82, 2.24) is 5.32 Å². The first-order chi connectivity index (χ1) is 9.25. The van der Waals surface area contributed by atoms with Gasteiger partial charge < -0.3 is 10.4 Å². The average Bonchev–Trinajstić information content (AvgIpc) is 2.37. The lowest BCUT2D eigenvalue weighted by Gasteiger charge is -2.29. The molecule has 0 saturated heterocycles. The zero-order valence-electron chi connectivity index (χ0n) is 11.4. The predicted octanol–water partition coefficient (Wildman–Crippen LogP) is 2.72. The highest BCUT2D eigenvalue weighted by molar-refractivity contribution is 5.84. The second-order valence-electron chi connectivity index (χ2n) is 5.28. The molecule has 0 aliphatic heterocycles. The number of carbonyl (C=O) groups excluding carboxylic acids is 1. The fourth-order valence-electron chi connectivity index (χ4n) is 2.52. The summed E-state index contributed by atoms with van der Waals surface area (Å²) in [5.41, 5.74) is 0. The lowest BCUT2D eigenvalue weighted by molar-refractivity contribution is -0.184. The van der Waals surface area contributed by atoms with Crippen LogP contribution in [0.3, 0.4) is 0 Å². The topological polar surface area (TPSA) is 66.4 Å². The molecule has 4 nitrogen and oxygen atoms in total. The molecule has 2 N–H and O–H groups in total. The molecule has 1 fully saturated rings. The normalized spacial score (nSPS) is 25.0. The molecule has 0 aromatic heterocycles. The van der Waals surface area contributed by atoms with E-state index < -0.39 is 35.9 Å². The van der Waals surface area contributed by atoms with Crippen LogP contribution in [0.2, 0.25) is 0 Å². The number of halogens is 3. The lowest BCUT2D eigenvalue weighted by Crippen LogP contribution is -2.44. The van der Waals surface area contributed by atoms with Gasteiger partial charge >= 0.3 is 12.1 Å². The highest BCUT2D eigenvalue weighted by atomic mass is 19.4. The number of amides is 1. The second kappa shape index (κ2) is 6.95. The molecule has 0 heterocycles. The molecule has 1 saturated carbocycles. The van der Waals surface area contributed by atoms with Crippen molar-refractivity contribution in [2.24, 2.45) is 11.8 Å². The van der Waals surface area contributed by atoms with Crippen molar-refractivity contribution in [2.45, 2.75) is 57.7 Å². The van der Waals surface area contributed by atoms with Gasteiger partial charge in [0, 0.05) is 5.92 Å². The van der Waals surface area contributed by atoms with Crippen LogP contribution in [-0.2, 0) is 9.59 Å². The van der Waals surface area contributed by atoms with Crippen molar-refractivity contribution in [3.05, 3.63) is 0 Å². The van der Waals surface area contributed by atoms with Gasteiger partial charge in [-0.2, -0.15) is 13.2 Å². The number of carbonyl (C=O) groups is 2. The zero-order valence-corrected chi connectivity index (χ0v) is 11.4. The SMILES string of the molecule is CCC[C@@H](NC(=O)C1CCC(C(F)(F)F)CC1)C(=O)O. The van der Waals surface area contributed by atoms with Crippen LogP contribution in [0.15, 0.2) is 0 Å². The summed E-state index contributed by atoms with van der Waals surface area (Å²) in [5, 5.41) is 11.4. The van der Waals surface area contributed by atoms with Crippen molar-refractivity contribution >= 4 is 11.9 Å². The minimum Gasteiger partial charge on any atom is -0.480 e. The number of rotatable bonds is 5. The Bertz CT molecular complexity index is 349. The van der Waals surface area contributed by atoms with Gasteiger partial charge in [0.1, 0.15) is 6.04 Å². The van der Waals surface area contributed by atoms with E-state index >= 15 is 0 Å². The van der Waals surface area contributed by atoms with E-state index in [4.69, 9.17) is 5.11 Å². The molecule has 7 heteroatoms. The Morgan fingerprint density at radius 2 is 1.80 bits per heavy atom. The van der Waals surface area contributed by atoms with Crippen LogP contribution in [0, 0.1) is 11.8 Å². The quantitative estimate of drug-likeness (QED) is 0.819. The molecular weight excluding hydrogens is 275 g/mol. The largest absolute Gasteiger partial charge is 0.480 e. The fourth-order valence-corrected chi connectivity index (χ4v) is 2.52. The maximum atomic E-state index is 12.5. The van der Waals surface area contributed by atoms with E-state index in [0.717, 1.165) is 0 Å². The van der Waals surface area contributed by atoms with Gasteiger partial charge in [-0.1, -0.05) is 13.3 Å². The van der Waals surface area contributed by atoms with Crippen LogP contribution in [0.25, 0.3) is 0 Å². The van der Waals surface area contributed by atoms with Gasteiger partial charge in [0.2, 0.25) is 5.91 Å². The average molecular weight is 295 g/mol. The van der Waals surface area contributed by atoms with Gasteiger partial charge in [0.05, 0.1) is 5.92 Å². The van der Waals surface area contributed by atoms with E-state index in [2.05, 4.69) is 5.32 Å². The third kappa shape index (κ3) is 4.68. The summed E-state index contributed by atoms with van der Waals surface area (Å²) in [5.74, 6) is -3.39. The van der Waals surface area contributed by atoms with Gasteiger partial charge in [-0.15, -0.1) is 0 Å². The molecule has 1 aliphatic rings.